The Kier molecular flexibility index (Phi) is 5.77. The Morgan fingerprint density at radius 3 is 2.42 bits per heavy atom. The van der Waals surface area contributed by atoms with E-state index in [1.165, 1.54) is 0 Å². The molecule has 0 aromatic heterocycles. The van der Waals surface area contributed by atoms with Gasteiger partial charge in [0.2, 0.25) is 0 Å². The van der Waals surface area contributed by atoms with Crippen LogP contribution in [0.5, 0.6) is 0 Å². The predicted molar refractivity (Wildman–Crippen MR) is 43.7 cm³/mol. The summed E-state index contributed by atoms with van der Waals surface area (Å²) in [5, 5.41) is 4.83. The lowest BCUT2D eigenvalue weighted by molar-refractivity contribution is -0.141. The van der Waals surface area contributed by atoms with Crippen molar-refractivity contribution in [1.29, 1.82) is 0 Å². The number of urea groups is 1. The number of ether oxygens (including phenoxy) is 1. The second-order valence-electron chi connectivity index (χ2n) is 2.02. The molecule has 0 spiro atoms. The summed E-state index contributed by atoms with van der Waals surface area (Å²) in [6.45, 7) is 4.29. The molecule has 0 aliphatic heterocycles. The molecule has 0 aromatic carbocycles. The van der Waals surface area contributed by atoms with Gasteiger partial charge in [0, 0.05) is 6.54 Å². The summed E-state index contributed by atoms with van der Waals surface area (Å²) in [6, 6.07) is -0.356. The Labute approximate surface area is 71.5 Å². The third kappa shape index (κ3) is 5.52. The van der Waals surface area contributed by atoms with E-state index >= 15 is 0 Å². The van der Waals surface area contributed by atoms with Crippen LogP contribution in [0.2, 0.25) is 0 Å². The highest BCUT2D eigenvalue weighted by molar-refractivity contribution is 5.80. The Bertz CT molecular complexity index is 141. The van der Waals surface area contributed by atoms with Crippen LogP contribution >= 0.6 is 0 Å². The summed E-state index contributed by atoms with van der Waals surface area (Å²) in [5.41, 5.74) is 0. The van der Waals surface area contributed by atoms with E-state index in [0.717, 1.165) is 0 Å². The largest absolute Gasteiger partial charge is 0.465 e. The molecule has 0 radical (unpaired) electrons. The lowest BCUT2D eigenvalue weighted by Gasteiger charge is -2.04. The fourth-order valence-corrected chi connectivity index (χ4v) is 0.588. The first-order valence-corrected chi connectivity index (χ1v) is 3.88. The van der Waals surface area contributed by atoms with Gasteiger partial charge in [-0.05, 0) is 13.8 Å². The number of hydrogen-bond acceptors (Lipinski definition) is 3. The third-order valence-corrected chi connectivity index (χ3v) is 1.04. The summed E-state index contributed by atoms with van der Waals surface area (Å²) < 4.78 is 4.59. The number of carbonyl (C=O) groups excluding carboxylic acids is 2. The maximum atomic E-state index is 10.7. The third-order valence-electron chi connectivity index (χ3n) is 1.04. The van der Waals surface area contributed by atoms with Gasteiger partial charge in [0.15, 0.2) is 0 Å². The van der Waals surface area contributed by atoms with Crippen LogP contribution < -0.4 is 10.6 Å². The number of rotatable bonds is 4. The molecular formula is C7H14N2O3. The first-order chi connectivity index (χ1) is 5.70. The molecule has 0 atom stereocenters. The second kappa shape index (κ2) is 6.45. The van der Waals surface area contributed by atoms with Crippen LogP contribution in [0.4, 0.5) is 4.79 Å². The molecule has 0 aliphatic carbocycles. The molecule has 12 heavy (non-hydrogen) atoms. The molecule has 5 heteroatoms. The van der Waals surface area contributed by atoms with Gasteiger partial charge in [0.1, 0.15) is 6.54 Å². The van der Waals surface area contributed by atoms with Crippen molar-refractivity contribution < 1.29 is 14.3 Å². The molecule has 0 heterocycles. The molecule has 0 rings (SSSR count). The summed E-state index contributed by atoms with van der Waals surface area (Å²) in [6.07, 6.45) is 0. The van der Waals surface area contributed by atoms with Crippen molar-refractivity contribution in [3.8, 4) is 0 Å². The maximum Gasteiger partial charge on any atom is 0.325 e. The van der Waals surface area contributed by atoms with Crippen LogP contribution in [0.25, 0.3) is 0 Å². The van der Waals surface area contributed by atoms with Crippen molar-refractivity contribution in [1.82, 2.24) is 10.6 Å². The van der Waals surface area contributed by atoms with Gasteiger partial charge in [-0.3, -0.25) is 4.79 Å². The molecule has 5 nitrogen and oxygen atoms in total. The van der Waals surface area contributed by atoms with Gasteiger partial charge in [0.05, 0.1) is 6.61 Å². The highest BCUT2D eigenvalue weighted by atomic mass is 16.5. The molecule has 0 saturated carbocycles. The quantitative estimate of drug-likeness (QED) is 0.583. The van der Waals surface area contributed by atoms with Crippen LogP contribution in [0.1, 0.15) is 13.8 Å². The molecule has 0 fully saturated rings. The van der Waals surface area contributed by atoms with Gasteiger partial charge in [-0.1, -0.05) is 0 Å². The minimum atomic E-state index is -0.427. The zero-order valence-corrected chi connectivity index (χ0v) is 7.35. The second-order valence-corrected chi connectivity index (χ2v) is 2.02. The number of carbonyl (C=O) groups is 2. The first kappa shape index (κ1) is 10.7. The topological polar surface area (TPSA) is 67.4 Å². The summed E-state index contributed by atoms with van der Waals surface area (Å²) in [5.74, 6) is -0.427. The van der Waals surface area contributed by atoms with Crippen LogP contribution in [0.3, 0.4) is 0 Å². The molecule has 2 N–H and O–H groups in total. The van der Waals surface area contributed by atoms with Crippen molar-refractivity contribution in [2.24, 2.45) is 0 Å². The molecule has 0 aliphatic rings. The lowest BCUT2D eigenvalue weighted by Crippen LogP contribution is -2.38. The number of nitrogens with one attached hydrogen (secondary N) is 2. The summed E-state index contributed by atoms with van der Waals surface area (Å²) in [7, 11) is 0. The molecule has 0 aromatic rings. The summed E-state index contributed by atoms with van der Waals surface area (Å²) in [4.78, 5) is 21.4. The summed E-state index contributed by atoms with van der Waals surface area (Å²) >= 11 is 0. The van der Waals surface area contributed by atoms with Crippen LogP contribution in [-0.4, -0.2) is 31.7 Å². The molecule has 70 valence electrons. The van der Waals surface area contributed by atoms with E-state index < -0.39 is 5.97 Å². The van der Waals surface area contributed by atoms with Crippen molar-refractivity contribution in [3.05, 3.63) is 0 Å². The molecule has 0 saturated heterocycles. The Morgan fingerprint density at radius 1 is 1.25 bits per heavy atom. The number of hydrogen-bond donors (Lipinski definition) is 2. The fraction of sp³-hybridized carbons (Fsp3) is 0.714. The van der Waals surface area contributed by atoms with Crippen molar-refractivity contribution in [2.45, 2.75) is 13.8 Å². The van der Waals surface area contributed by atoms with Crippen LogP contribution in [0, 0.1) is 0 Å². The van der Waals surface area contributed by atoms with Gasteiger partial charge in [-0.2, -0.15) is 0 Å². The van der Waals surface area contributed by atoms with Crippen LogP contribution in [0.15, 0.2) is 0 Å². The Morgan fingerprint density at radius 2 is 1.92 bits per heavy atom. The van der Waals surface area contributed by atoms with Gasteiger partial charge < -0.3 is 15.4 Å². The van der Waals surface area contributed by atoms with E-state index in [4.69, 9.17) is 0 Å². The van der Waals surface area contributed by atoms with Crippen molar-refractivity contribution >= 4 is 12.0 Å². The normalized spacial score (nSPS) is 8.83. The number of esters is 1. The average Bonchev–Trinajstić information content (AvgIpc) is 2.02. The number of amides is 2. The van der Waals surface area contributed by atoms with Crippen molar-refractivity contribution in [3.63, 3.8) is 0 Å². The zero-order valence-electron chi connectivity index (χ0n) is 7.35. The highest BCUT2D eigenvalue weighted by Gasteiger charge is 2.03. The fourth-order valence-electron chi connectivity index (χ4n) is 0.588. The molecular weight excluding hydrogens is 160 g/mol. The molecule has 2 amide bonds. The highest BCUT2D eigenvalue weighted by Crippen LogP contribution is 1.74. The molecule has 0 unspecified atom stereocenters. The van der Waals surface area contributed by atoms with E-state index in [9.17, 15) is 9.59 Å². The molecule has 0 bridgehead atoms. The maximum absolute atomic E-state index is 10.7. The van der Waals surface area contributed by atoms with Gasteiger partial charge in [-0.25, -0.2) is 4.79 Å². The monoisotopic (exact) mass is 174 g/mol. The van der Waals surface area contributed by atoms with Crippen molar-refractivity contribution in [2.75, 3.05) is 19.7 Å². The first-order valence-electron chi connectivity index (χ1n) is 3.88. The van der Waals surface area contributed by atoms with Gasteiger partial charge in [0.25, 0.3) is 0 Å². The van der Waals surface area contributed by atoms with Gasteiger partial charge >= 0.3 is 12.0 Å². The smallest absolute Gasteiger partial charge is 0.325 e. The average molecular weight is 174 g/mol. The van der Waals surface area contributed by atoms with E-state index in [1.54, 1.807) is 13.8 Å². The predicted octanol–water partition coefficient (Wildman–Crippen LogP) is -0.131. The Hall–Kier alpha value is -1.26. The minimum absolute atomic E-state index is 0.0837. The Balaban J connectivity index is 3.40. The van der Waals surface area contributed by atoms with E-state index in [1.807, 2.05) is 0 Å². The standard InChI is InChI=1S/C7H14N2O3/c1-3-8-7(11)9-5-6(10)12-4-2/h3-5H2,1-2H3,(H2,8,9,11). The van der Waals surface area contributed by atoms with Gasteiger partial charge in [-0.15, -0.1) is 0 Å². The SMILES string of the molecule is CCNC(=O)NCC(=O)OCC. The van der Waals surface area contributed by atoms with E-state index in [-0.39, 0.29) is 12.6 Å². The van der Waals surface area contributed by atoms with E-state index in [0.29, 0.717) is 13.2 Å². The zero-order chi connectivity index (χ0) is 9.40. The minimum Gasteiger partial charge on any atom is -0.465 e. The lowest BCUT2D eigenvalue weighted by atomic mass is 10.6. The van der Waals surface area contributed by atoms with E-state index in [2.05, 4.69) is 15.4 Å². The van der Waals surface area contributed by atoms with Crippen LogP contribution in [-0.2, 0) is 9.53 Å².